The molecule has 0 unspecified atom stereocenters. The molecule has 0 aromatic rings. The van der Waals surface area contributed by atoms with E-state index in [4.69, 9.17) is 23.2 Å². The summed E-state index contributed by atoms with van der Waals surface area (Å²) in [5, 5.41) is 0. The zero-order valence-electron chi connectivity index (χ0n) is 3.66. The van der Waals surface area contributed by atoms with Crippen molar-refractivity contribution in [3.8, 4) is 0 Å². The summed E-state index contributed by atoms with van der Waals surface area (Å²) in [6.45, 7) is 0. The fourth-order valence-corrected chi connectivity index (χ4v) is 0. The van der Waals surface area contributed by atoms with Crippen molar-refractivity contribution in [3.05, 3.63) is 0 Å². The number of alkyl halides is 2. The predicted octanol–water partition coefficient (Wildman–Crippen LogP) is -7.53. The van der Waals surface area contributed by atoms with Crippen molar-refractivity contribution in [3.63, 3.8) is 0 Å². The molecule has 0 heterocycles. The second-order valence-electron chi connectivity index (χ2n) is 0.378. The Kier molecular flexibility index (Phi) is 147. The molecule has 0 aromatic carbocycles. The van der Waals surface area contributed by atoms with Crippen LogP contribution in [0.5, 0.6) is 0 Å². The van der Waals surface area contributed by atoms with Crippen molar-refractivity contribution in [2.24, 2.45) is 0 Å². The van der Waals surface area contributed by atoms with E-state index in [2.05, 4.69) is 0 Å². The minimum atomic E-state index is 0. The minimum absolute atomic E-state index is 0. The van der Waals surface area contributed by atoms with Crippen LogP contribution in [0.4, 0.5) is 0 Å². The molecule has 0 amide bonds. The second kappa shape index (κ2) is 36.2. The van der Waals surface area contributed by atoms with E-state index in [1.165, 1.54) is 0 Å². The molecule has 0 saturated heterocycles. The quantitative estimate of drug-likeness (QED) is 0.325. The Labute approximate surface area is 88.8 Å². The van der Waals surface area contributed by atoms with Crippen LogP contribution in [0.3, 0.4) is 0 Å². The first-order chi connectivity index (χ1) is 1.91. The molecule has 55 valence electrons. The summed E-state index contributed by atoms with van der Waals surface area (Å²) >= 11 is 10.1. The summed E-state index contributed by atoms with van der Waals surface area (Å²) in [6, 6.07) is 0. The van der Waals surface area contributed by atoms with Crippen LogP contribution in [0.25, 0.3) is 0 Å². The van der Waals surface area contributed by atoms with Crippen molar-refractivity contribution in [2.45, 2.75) is 0 Å². The molecule has 0 aromatic heterocycles. The normalized spacial score (nSPS) is 3.75. The van der Waals surface area contributed by atoms with E-state index in [9.17, 15) is 0 Å². The second-order valence-corrected chi connectivity index (χ2v) is 1.13. The van der Waals surface area contributed by atoms with E-state index in [1.807, 2.05) is 0 Å². The molecule has 0 rings (SSSR count). The van der Waals surface area contributed by atoms with Gasteiger partial charge in [0.05, 0.1) is 0 Å². The first kappa shape index (κ1) is 32.5. The van der Waals surface area contributed by atoms with Gasteiger partial charge in [-0.2, -0.15) is 0 Å². The van der Waals surface area contributed by atoms with Gasteiger partial charge < -0.3 is 37.2 Å². The molecule has 8 heavy (non-hydrogen) atoms. The van der Waals surface area contributed by atoms with Crippen LogP contribution in [0, 0.1) is 0 Å². The van der Waals surface area contributed by atoms with Gasteiger partial charge in [-0.15, -0.1) is 23.2 Å². The van der Waals surface area contributed by atoms with Crippen molar-refractivity contribution in [1.29, 1.82) is 0 Å². The maximum Gasteiger partial charge on any atom is 3.00 e. The fourth-order valence-electron chi connectivity index (χ4n) is 0. The average Bonchev–Trinajstić information content (AvgIpc) is 1.37. The summed E-state index contributed by atoms with van der Waals surface area (Å²) < 4.78 is 0. The zero-order chi connectivity index (χ0) is 3.41. The van der Waals surface area contributed by atoms with Crippen LogP contribution in [0.15, 0.2) is 0 Å². The molecule has 0 aliphatic heterocycles. The average molecular weight is 261 g/mol. The summed E-state index contributed by atoms with van der Waals surface area (Å²) in [6.07, 6.45) is 0. The van der Waals surface area contributed by atoms with Crippen LogP contribution in [-0.2, 0) is 17.1 Å². The molecule has 0 fully saturated rings. The molecule has 0 bridgehead atoms. The molecule has 6 heteroatoms. The van der Waals surface area contributed by atoms with Gasteiger partial charge in [-0.3, -0.25) is 0 Å². The maximum absolute atomic E-state index is 5.05. The Balaban J connectivity index is -0.00000000750. The largest absolute Gasteiger partial charge is 3.00 e. The third-order valence-corrected chi connectivity index (χ3v) is 0.643. The molecule has 0 saturated carbocycles. The summed E-state index contributed by atoms with van der Waals surface area (Å²) in [5.74, 6) is 1.11. The molecule has 0 nitrogen and oxygen atoms in total. The minimum Gasteiger partial charge on any atom is -1.00 e. The van der Waals surface area contributed by atoms with E-state index in [0.29, 0.717) is 11.8 Å². The third-order valence-electron chi connectivity index (χ3n) is 0.0714. The molecule has 0 aliphatic carbocycles. The van der Waals surface area contributed by atoms with Crippen molar-refractivity contribution in [1.82, 2.24) is 0 Å². The molecule has 0 aliphatic rings. The standard InChI is InChI=1S/C2H4Cl2.3ClH.Fe/c3-1-2-4;;;;/h1-2H2;3*1H;/q;;;;+3/p-3. The van der Waals surface area contributed by atoms with Crippen LogP contribution >= 0.6 is 23.2 Å². The maximum atomic E-state index is 5.05. The van der Waals surface area contributed by atoms with Crippen LogP contribution in [-0.4, -0.2) is 11.8 Å². The molecule has 0 spiro atoms. The van der Waals surface area contributed by atoms with Gasteiger partial charge in [-0.05, 0) is 0 Å². The number of hydrogen-bond donors (Lipinski definition) is 0. The van der Waals surface area contributed by atoms with Gasteiger partial charge in [0.1, 0.15) is 0 Å². The topological polar surface area (TPSA) is 0 Å². The number of halogens is 5. The molecular formula is C2H4Cl5Fe. The van der Waals surface area contributed by atoms with E-state index in [-0.39, 0.29) is 54.3 Å². The Bertz CT molecular complexity index is 12.4. The predicted molar refractivity (Wildman–Crippen MR) is 21.4 cm³/mol. The molecule has 0 N–H and O–H groups in total. The third kappa shape index (κ3) is 43.9. The number of hydrogen-bond acceptors (Lipinski definition) is 0. The Morgan fingerprint density at radius 2 is 0.875 bits per heavy atom. The molecule has 0 atom stereocenters. The molecule has 1 radical (unpaired) electrons. The van der Waals surface area contributed by atoms with Gasteiger partial charge in [0.2, 0.25) is 0 Å². The van der Waals surface area contributed by atoms with Gasteiger partial charge in [0.15, 0.2) is 0 Å². The van der Waals surface area contributed by atoms with Gasteiger partial charge in [0.25, 0.3) is 0 Å². The van der Waals surface area contributed by atoms with Gasteiger partial charge in [-0.25, -0.2) is 0 Å². The van der Waals surface area contributed by atoms with Crippen molar-refractivity contribution < 1.29 is 54.3 Å². The van der Waals surface area contributed by atoms with Gasteiger partial charge in [-0.1, -0.05) is 0 Å². The SMILES string of the molecule is ClCCCl.[Cl-].[Cl-].[Cl-].[Fe+3]. The monoisotopic (exact) mass is 259 g/mol. The van der Waals surface area contributed by atoms with E-state index in [1.54, 1.807) is 0 Å². The first-order valence-corrected chi connectivity index (χ1v) is 2.10. The summed E-state index contributed by atoms with van der Waals surface area (Å²) in [7, 11) is 0. The van der Waals surface area contributed by atoms with E-state index < -0.39 is 0 Å². The van der Waals surface area contributed by atoms with Crippen molar-refractivity contribution in [2.75, 3.05) is 11.8 Å². The summed E-state index contributed by atoms with van der Waals surface area (Å²) in [4.78, 5) is 0. The number of rotatable bonds is 1. The van der Waals surface area contributed by atoms with E-state index >= 15 is 0 Å². The van der Waals surface area contributed by atoms with Crippen molar-refractivity contribution >= 4 is 23.2 Å². The van der Waals surface area contributed by atoms with Gasteiger partial charge in [0, 0.05) is 11.8 Å². The fraction of sp³-hybridized carbons (Fsp3) is 1.00. The van der Waals surface area contributed by atoms with Crippen LogP contribution < -0.4 is 37.2 Å². The van der Waals surface area contributed by atoms with Gasteiger partial charge >= 0.3 is 17.1 Å². The first-order valence-electron chi connectivity index (χ1n) is 1.03. The van der Waals surface area contributed by atoms with E-state index in [0.717, 1.165) is 0 Å². The Morgan fingerprint density at radius 1 is 0.750 bits per heavy atom. The Hall–Kier alpha value is 1.97. The Morgan fingerprint density at radius 3 is 0.875 bits per heavy atom. The van der Waals surface area contributed by atoms with Crippen LogP contribution in [0.1, 0.15) is 0 Å². The smallest absolute Gasteiger partial charge is 1.00 e. The summed E-state index contributed by atoms with van der Waals surface area (Å²) in [5.41, 5.74) is 0. The zero-order valence-corrected chi connectivity index (χ0v) is 8.54. The van der Waals surface area contributed by atoms with Crippen LogP contribution in [0.2, 0.25) is 0 Å². The molecular weight excluding hydrogens is 257 g/mol.